The Morgan fingerprint density at radius 2 is 2.10 bits per heavy atom. The summed E-state index contributed by atoms with van der Waals surface area (Å²) in [5, 5.41) is 10.4. The van der Waals surface area contributed by atoms with Crippen LogP contribution in [0.15, 0.2) is 36.7 Å². The van der Waals surface area contributed by atoms with Crippen molar-refractivity contribution in [2.75, 3.05) is 11.9 Å². The summed E-state index contributed by atoms with van der Waals surface area (Å²) in [5.41, 5.74) is 1.85. The minimum atomic E-state index is -0.219. The molecule has 0 aliphatic heterocycles. The third-order valence-electron chi connectivity index (χ3n) is 2.71. The van der Waals surface area contributed by atoms with Crippen molar-refractivity contribution >= 4 is 23.3 Å². The Kier molecular flexibility index (Phi) is 5.01. The van der Waals surface area contributed by atoms with Crippen LogP contribution in [0.5, 0.6) is 0 Å². The Labute approximate surface area is 122 Å². The Morgan fingerprint density at radius 3 is 2.75 bits per heavy atom. The van der Waals surface area contributed by atoms with Gasteiger partial charge in [-0.1, -0.05) is 11.6 Å². The van der Waals surface area contributed by atoms with E-state index >= 15 is 0 Å². The van der Waals surface area contributed by atoms with Gasteiger partial charge in [0.05, 0.1) is 6.20 Å². The number of aromatic nitrogens is 2. The van der Waals surface area contributed by atoms with Crippen LogP contribution in [-0.2, 0) is 6.54 Å². The molecule has 2 amide bonds. The number of urea groups is 1. The average Bonchev–Trinajstić information content (AvgIpc) is 2.83. The highest BCUT2D eigenvalue weighted by Gasteiger charge is 2.01. The van der Waals surface area contributed by atoms with Crippen molar-refractivity contribution in [3.63, 3.8) is 0 Å². The van der Waals surface area contributed by atoms with E-state index in [2.05, 4.69) is 15.7 Å². The van der Waals surface area contributed by atoms with Gasteiger partial charge in [0.2, 0.25) is 0 Å². The van der Waals surface area contributed by atoms with Gasteiger partial charge in [-0.25, -0.2) is 4.79 Å². The molecule has 1 heterocycles. The molecule has 106 valence electrons. The van der Waals surface area contributed by atoms with Gasteiger partial charge in [0, 0.05) is 30.0 Å². The molecule has 0 unspecified atom stereocenters. The summed E-state index contributed by atoms with van der Waals surface area (Å²) in [5.74, 6) is 0. The first kappa shape index (κ1) is 14.4. The number of hydrogen-bond donors (Lipinski definition) is 2. The van der Waals surface area contributed by atoms with Gasteiger partial charge >= 0.3 is 6.03 Å². The summed E-state index contributed by atoms with van der Waals surface area (Å²) in [6.45, 7) is 3.38. The number of anilines is 1. The predicted molar refractivity (Wildman–Crippen MR) is 80.1 cm³/mol. The van der Waals surface area contributed by atoms with Crippen molar-refractivity contribution in [1.29, 1.82) is 0 Å². The zero-order valence-electron chi connectivity index (χ0n) is 11.3. The van der Waals surface area contributed by atoms with Crippen LogP contribution in [0.3, 0.4) is 0 Å². The van der Waals surface area contributed by atoms with Gasteiger partial charge < -0.3 is 10.6 Å². The Hall–Kier alpha value is -2.01. The van der Waals surface area contributed by atoms with Crippen LogP contribution in [0, 0.1) is 6.92 Å². The fraction of sp³-hybridized carbons (Fsp3) is 0.286. The number of halogens is 1. The van der Waals surface area contributed by atoms with Gasteiger partial charge in [-0.05, 0) is 43.2 Å². The Balaban J connectivity index is 1.66. The normalized spacial score (nSPS) is 10.3. The summed E-state index contributed by atoms with van der Waals surface area (Å²) >= 11 is 5.77. The topological polar surface area (TPSA) is 59.0 Å². The highest BCUT2D eigenvalue weighted by Crippen LogP contribution is 2.12. The van der Waals surface area contributed by atoms with Crippen LogP contribution in [0.1, 0.15) is 12.0 Å². The second kappa shape index (κ2) is 6.96. The lowest BCUT2D eigenvalue weighted by atomic mass is 10.3. The maximum Gasteiger partial charge on any atom is 0.319 e. The third-order valence-corrected chi connectivity index (χ3v) is 2.97. The van der Waals surface area contributed by atoms with Gasteiger partial charge in [0.25, 0.3) is 0 Å². The van der Waals surface area contributed by atoms with E-state index < -0.39 is 0 Å². The molecular weight excluding hydrogens is 276 g/mol. The van der Waals surface area contributed by atoms with Gasteiger partial charge in [0.1, 0.15) is 0 Å². The molecule has 0 fully saturated rings. The van der Waals surface area contributed by atoms with Crippen molar-refractivity contribution in [2.24, 2.45) is 0 Å². The van der Waals surface area contributed by atoms with Crippen LogP contribution < -0.4 is 10.6 Å². The van der Waals surface area contributed by atoms with Crippen molar-refractivity contribution < 1.29 is 4.79 Å². The lowest BCUT2D eigenvalue weighted by molar-refractivity contribution is 0.251. The summed E-state index contributed by atoms with van der Waals surface area (Å²) in [6.07, 6.45) is 4.63. The quantitative estimate of drug-likeness (QED) is 0.832. The number of carbonyl (C=O) groups excluding carboxylic acids is 1. The monoisotopic (exact) mass is 292 g/mol. The van der Waals surface area contributed by atoms with Crippen LogP contribution in [0.2, 0.25) is 5.02 Å². The van der Waals surface area contributed by atoms with E-state index in [1.165, 1.54) is 0 Å². The van der Waals surface area contributed by atoms with E-state index in [1.807, 2.05) is 24.0 Å². The Morgan fingerprint density at radius 1 is 1.35 bits per heavy atom. The highest BCUT2D eigenvalue weighted by atomic mass is 35.5. The number of aryl methyl sites for hydroxylation is 2. The van der Waals surface area contributed by atoms with E-state index in [0.717, 1.165) is 24.2 Å². The number of hydrogen-bond acceptors (Lipinski definition) is 2. The first-order valence-corrected chi connectivity index (χ1v) is 6.81. The first-order chi connectivity index (χ1) is 9.63. The van der Waals surface area contributed by atoms with Crippen molar-refractivity contribution in [2.45, 2.75) is 19.9 Å². The molecule has 0 aliphatic rings. The van der Waals surface area contributed by atoms with E-state index in [9.17, 15) is 4.79 Å². The predicted octanol–water partition coefficient (Wildman–Crippen LogP) is 3.06. The maximum absolute atomic E-state index is 11.6. The Bertz CT molecular complexity index is 565. The summed E-state index contributed by atoms with van der Waals surface area (Å²) < 4.78 is 1.87. The molecule has 5 nitrogen and oxygen atoms in total. The zero-order chi connectivity index (χ0) is 14.4. The number of nitrogens with one attached hydrogen (secondary N) is 2. The molecule has 0 aliphatic carbocycles. The van der Waals surface area contributed by atoms with Crippen molar-refractivity contribution in [3.8, 4) is 0 Å². The molecule has 1 aromatic carbocycles. The first-order valence-electron chi connectivity index (χ1n) is 6.43. The minimum Gasteiger partial charge on any atom is -0.338 e. The molecule has 2 aromatic rings. The molecule has 2 N–H and O–H groups in total. The smallest absolute Gasteiger partial charge is 0.319 e. The number of rotatable bonds is 5. The van der Waals surface area contributed by atoms with Crippen LogP contribution in [0.4, 0.5) is 10.5 Å². The maximum atomic E-state index is 11.6. The molecule has 0 bridgehead atoms. The van der Waals surface area contributed by atoms with E-state index in [0.29, 0.717) is 11.6 Å². The molecule has 2 rings (SSSR count). The molecule has 20 heavy (non-hydrogen) atoms. The standard InChI is InChI=1S/C14H17ClN4O/c1-11-9-17-19(10-11)8-2-7-16-14(20)18-13-5-3-12(15)4-6-13/h3-6,9-10H,2,7-8H2,1H3,(H2,16,18,20). The minimum absolute atomic E-state index is 0.219. The molecule has 0 radical (unpaired) electrons. The number of carbonyl (C=O) groups is 1. The summed E-state index contributed by atoms with van der Waals surface area (Å²) in [4.78, 5) is 11.6. The van der Waals surface area contributed by atoms with Gasteiger partial charge in [0.15, 0.2) is 0 Å². The van der Waals surface area contributed by atoms with Crippen LogP contribution >= 0.6 is 11.6 Å². The number of amides is 2. The van der Waals surface area contributed by atoms with Crippen LogP contribution in [-0.4, -0.2) is 22.4 Å². The number of nitrogens with zero attached hydrogens (tertiary/aromatic N) is 2. The second-order valence-electron chi connectivity index (χ2n) is 4.52. The molecule has 6 heteroatoms. The summed E-state index contributed by atoms with van der Waals surface area (Å²) in [7, 11) is 0. The van der Waals surface area contributed by atoms with Crippen molar-refractivity contribution in [1.82, 2.24) is 15.1 Å². The molecule has 0 atom stereocenters. The highest BCUT2D eigenvalue weighted by molar-refractivity contribution is 6.30. The fourth-order valence-electron chi connectivity index (χ4n) is 1.74. The lowest BCUT2D eigenvalue weighted by Crippen LogP contribution is -2.30. The van der Waals surface area contributed by atoms with Crippen molar-refractivity contribution in [3.05, 3.63) is 47.2 Å². The molecular formula is C14H17ClN4O. The van der Waals surface area contributed by atoms with Gasteiger partial charge in [-0.3, -0.25) is 4.68 Å². The van der Waals surface area contributed by atoms with Crippen LogP contribution in [0.25, 0.3) is 0 Å². The average molecular weight is 293 g/mol. The molecule has 0 saturated heterocycles. The van der Waals surface area contributed by atoms with E-state index in [4.69, 9.17) is 11.6 Å². The third kappa shape index (κ3) is 4.59. The molecule has 1 aromatic heterocycles. The zero-order valence-corrected chi connectivity index (χ0v) is 12.0. The molecule has 0 spiro atoms. The number of benzene rings is 1. The summed E-state index contributed by atoms with van der Waals surface area (Å²) in [6, 6.07) is 6.76. The largest absolute Gasteiger partial charge is 0.338 e. The lowest BCUT2D eigenvalue weighted by Gasteiger charge is -2.07. The molecule has 0 saturated carbocycles. The van der Waals surface area contributed by atoms with E-state index in [1.54, 1.807) is 24.3 Å². The van der Waals surface area contributed by atoms with Gasteiger partial charge in [-0.15, -0.1) is 0 Å². The second-order valence-corrected chi connectivity index (χ2v) is 4.96. The SMILES string of the molecule is Cc1cnn(CCCNC(=O)Nc2ccc(Cl)cc2)c1. The fourth-order valence-corrected chi connectivity index (χ4v) is 1.87. The van der Waals surface area contributed by atoms with E-state index in [-0.39, 0.29) is 6.03 Å². The van der Waals surface area contributed by atoms with Gasteiger partial charge in [-0.2, -0.15) is 5.10 Å².